The average molecular weight is 702 g/mol. The zero-order chi connectivity index (χ0) is 26.7. The van der Waals surface area contributed by atoms with Gasteiger partial charge in [0.05, 0.1) is 0 Å². The molecule has 3 heteroatoms. The Morgan fingerprint density at radius 2 is 0.947 bits per heavy atom. The first-order valence-electron chi connectivity index (χ1n) is 13.3. The third kappa shape index (κ3) is 3.77. The molecule has 0 bridgehead atoms. The maximum absolute atomic E-state index is 8.10. The molecule has 38 heavy (non-hydrogen) atoms. The summed E-state index contributed by atoms with van der Waals surface area (Å²) in [5.41, 5.74) is 12.6. The normalized spacial score (nSPS) is 18.0. The van der Waals surface area contributed by atoms with Gasteiger partial charge in [-0.15, -0.1) is 0 Å². The summed E-state index contributed by atoms with van der Waals surface area (Å²) >= 11 is -4.90. The molecule has 2 aliphatic carbocycles. The molecular formula is C35H32Cl2Hf. The van der Waals surface area contributed by atoms with Crippen LogP contribution in [0.5, 0.6) is 0 Å². The Labute approximate surface area is 234 Å². The van der Waals surface area contributed by atoms with Crippen molar-refractivity contribution in [2.75, 3.05) is 0 Å². The number of hydrogen-bond acceptors (Lipinski definition) is 0. The van der Waals surface area contributed by atoms with Gasteiger partial charge in [0.1, 0.15) is 0 Å². The van der Waals surface area contributed by atoms with Gasteiger partial charge in [0, 0.05) is 0 Å². The number of rotatable bonds is 4. The molecule has 2 atom stereocenters. The first-order valence-corrected chi connectivity index (χ1v) is 28.2. The van der Waals surface area contributed by atoms with Crippen molar-refractivity contribution in [2.45, 2.75) is 35.0 Å². The van der Waals surface area contributed by atoms with Gasteiger partial charge in [0.2, 0.25) is 0 Å². The number of fused-ring (bicyclic) bond motifs is 2. The number of allylic oxidation sites excluding steroid dienone is 2. The van der Waals surface area contributed by atoms with Gasteiger partial charge in [0.15, 0.2) is 0 Å². The van der Waals surface area contributed by atoms with Crippen molar-refractivity contribution >= 4 is 32.6 Å². The van der Waals surface area contributed by atoms with Crippen LogP contribution in [0.4, 0.5) is 0 Å². The van der Waals surface area contributed by atoms with Crippen molar-refractivity contribution < 1.29 is 15.7 Å². The van der Waals surface area contributed by atoms with E-state index in [1.54, 1.807) is 0 Å². The summed E-state index contributed by atoms with van der Waals surface area (Å²) in [4.78, 5) is 0. The molecule has 2 unspecified atom stereocenters. The summed E-state index contributed by atoms with van der Waals surface area (Å²) in [7, 11) is 16.2. The molecule has 0 heterocycles. The van der Waals surface area contributed by atoms with Crippen molar-refractivity contribution in [3.63, 3.8) is 0 Å². The zero-order valence-electron chi connectivity index (χ0n) is 22.3. The molecule has 0 fully saturated rings. The van der Waals surface area contributed by atoms with E-state index in [0.29, 0.717) is 0 Å². The van der Waals surface area contributed by atoms with E-state index in [9.17, 15) is 0 Å². The fourth-order valence-corrected chi connectivity index (χ4v) is 27.9. The number of halogens is 2. The minimum absolute atomic E-state index is 0.0158. The average Bonchev–Trinajstić information content (AvgIpc) is 3.55. The Hall–Kier alpha value is -2.32. The van der Waals surface area contributed by atoms with E-state index in [0.717, 1.165) is 0 Å². The summed E-state index contributed by atoms with van der Waals surface area (Å²) in [6, 6.07) is 30.5. The molecule has 0 saturated heterocycles. The molecule has 0 N–H and O–H groups in total. The van der Waals surface area contributed by atoms with Gasteiger partial charge in [-0.05, 0) is 0 Å². The van der Waals surface area contributed by atoms with E-state index in [4.69, 9.17) is 17.2 Å². The van der Waals surface area contributed by atoms with E-state index >= 15 is 0 Å². The van der Waals surface area contributed by atoms with Crippen molar-refractivity contribution in [2.24, 2.45) is 0 Å². The van der Waals surface area contributed by atoms with Crippen LogP contribution in [0.1, 0.15) is 54.6 Å². The second-order valence-electron chi connectivity index (χ2n) is 11.1. The second kappa shape index (κ2) is 9.40. The first kappa shape index (κ1) is 25.9. The predicted molar refractivity (Wildman–Crippen MR) is 165 cm³/mol. The minimum atomic E-state index is -4.90. The van der Waals surface area contributed by atoms with E-state index in [1.165, 1.54) is 58.9 Å². The van der Waals surface area contributed by atoms with Gasteiger partial charge in [-0.3, -0.25) is 0 Å². The summed E-state index contributed by atoms with van der Waals surface area (Å²) < 4.78 is 1.24. The standard InChI is InChI=1S/2C16H13.C3H6.2ClH.Hf/c2*1-12-6-2-3-9-14(12)16-11-5-8-13-7-4-10-15(13)16;1-3-2;;;/h2*2-11H,1H3;1-2H3;2*1H;/q;;;;;+2/p-2. The monoisotopic (exact) mass is 702 g/mol. The molecule has 0 nitrogen and oxygen atoms in total. The van der Waals surface area contributed by atoms with Crippen LogP contribution < -0.4 is 0 Å². The molecule has 6 rings (SSSR count). The van der Waals surface area contributed by atoms with Crippen LogP contribution in [-0.2, 0) is 15.7 Å². The molecule has 0 radical (unpaired) electrons. The molecule has 0 spiro atoms. The van der Waals surface area contributed by atoms with E-state index < -0.39 is 15.7 Å². The predicted octanol–water partition coefficient (Wildman–Crippen LogP) is 10.7. The Bertz CT molecular complexity index is 1610. The van der Waals surface area contributed by atoms with Gasteiger partial charge < -0.3 is 0 Å². The summed E-state index contributed by atoms with van der Waals surface area (Å²) in [5, 5.41) is 0. The fourth-order valence-electron chi connectivity index (χ4n) is 6.63. The van der Waals surface area contributed by atoms with Crippen LogP contribution in [0.2, 0.25) is 0 Å². The molecule has 4 aromatic rings. The third-order valence-corrected chi connectivity index (χ3v) is 41.4. The SMILES string of the molecule is C[C](C)=[Hf]([Cl])([Cl])([CH]1C=Cc2c(-c3ccccc3C)cccc21)[CH]1C=Cc2c(-c3ccccc3C)cccc21. The third-order valence-electron chi connectivity index (χ3n) is 8.83. The van der Waals surface area contributed by atoms with Gasteiger partial charge >= 0.3 is 236 Å². The number of hydrogen-bond donors (Lipinski definition) is 0. The Kier molecular flexibility index (Phi) is 6.42. The van der Waals surface area contributed by atoms with E-state index in [1.807, 2.05) is 0 Å². The van der Waals surface area contributed by atoms with Crippen molar-refractivity contribution in [1.82, 2.24) is 0 Å². The van der Waals surface area contributed by atoms with Crippen LogP contribution in [0.25, 0.3) is 34.4 Å². The van der Waals surface area contributed by atoms with Crippen molar-refractivity contribution in [3.05, 3.63) is 130 Å². The van der Waals surface area contributed by atoms with E-state index in [-0.39, 0.29) is 7.35 Å². The molecule has 4 aromatic carbocycles. The van der Waals surface area contributed by atoms with Crippen LogP contribution in [0, 0.1) is 13.8 Å². The second-order valence-corrected chi connectivity index (χ2v) is 42.3. The summed E-state index contributed by atoms with van der Waals surface area (Å²) in [5.74, 6) is 0. The Morgan fingerprint density at radius 3 is 1.34 bits per heavy atom. The van der Waals surface area contributed by atoms with Gasteiger partial charge in [-0.1, -0.05) is 0 Å². The topological polar surface area (TPSA) is 0 Å². The Morgan fingerprint density at radius 1 is 0.553 bits per heavy atom. The fraction of sp³-hybridized carbons (Fsp3) is 0.171. The van der Waals surface area contributed by atoms with Crippen LogP contribution in [-0.4, -0.2) is 3.26 Å². The maximum atomic E-state index is 8.10. The van der Waals surface area contributed by atoms with Crippen molar-refractivity contribution in [3.8, 4) is 22.3 Å². The molecule has 0 saturated carbocycles. The van der Waals surface area contributed by atoms with Gasteiger partial charge in [0.25, 0.3) is 0 Å². The molecule has 0 aromatic heterocycles. The quantitative estimate of drug-likeness (QED) is 0.186. The molecule has 0 aliphatic heterocycles. The molecule has 2 aliphatic rings. The molecule has 0 amide bonds. The van der Waals surface area contributed by atoms with Gasteiger partial charge in [-0.25, -0.2) is 0 Å². The van der Waals surface area contributed by atoms with Crippen LogP contribution in [0.15, 0.2) is 97.1 Å². The van der Waals surface area contributed by atoms with Crippen LogP contribution in [0.3, 0.4) is 0 Å². The Balaban J connectivity index is 1.53. The zero-order valence-corrected chi connectivity index (χ0v) is 27.4. The van der Waals surface area contributed by atoms with E-state index in [2.05, 4.69) is 137 Å². The summed E-state index contributed by atoms with van der Waals surface area (Å²) in [6.07, 6.45) is 9.17. The molecular weight excluding hydrogens is 670 g/mol. The number of aryl methyl sites for hydroxylation is 2. The molecule has 190 valence electrons. The summed E-state index contributed by atoms with van der Waals surface area (Å²) in [6.45, 7) is 8.69. The van der Waals surface area contributed by atoms with Gasteiger partial charge in [-0.2, -0.15) is 0 Å². The van der Waals surface area contributed by atoms with Crippen LogP contribution >= 0.6 is 17.2 Å². The number of benzene rings is 4. The first-order chi connectivity index (χ1) is 18.2. The van der Waals surface area contributed by atoms with Crippen molar-refractivity contribution in [1.29, 1.82) is 0 Å².